The van der Waals surface area contributed by atoms with Crippen LogP contribution in [0.1, 0.15) is 22.7 Å². The number of pyridine rings is 1. The van der Waals surface area contributed by atoms with Gasteiger partial charge in [0.2, 0.25) is 0 Å². The van der Waals surface area contributed by atoms with Crippen LogP contribution < -0.4 is 10.6 Å². The Bertz CT molecular complexity index is 870. The van der Waals surface area contributed by atoms with Crippen molar-refractivity contribution in [2.24, 2.45) is 4.99 Å². The van der Waals surface area contributed by atoms with E-state index >= 15 is 0 Å². The number of hydrogen-bond donors (Lipinski definition) is 2. The fourth-order valence-electron chi connectivity index (χ4n) is 3.11. The van der Waals surface area contributed by atoms with Crippen LogP contribution in [-0.2, 0) is 6.54 Å². The van der Waals surface area contributed by atoms with Gasteiger partial charge in [-0.05, 0) is 29.3 Å². The van der Waals surface area contributed by atoms with Crippen LogP contribution in [0.25, 0.3) is 0 Å². The molecule has 1 aliphatic heterocycles. The predicted octanol–water partition coefficient (Wildman–Crippen LogP) is 4.63. The number of rotatable bonds is 3. The lowest BCUT2D eigenvalue weighted by atomic mass is 9.90. The molecule has 2 N–H and O–H groups in total. The van der Waals surface area contributed by atoms with Crippen molar-refractivity contribution in [3.63, 3.8) is 0 Å². The molecule has 4 rings (SSSR count). The van der Waals surface area contributed by atoms with E-state index in [0.717, 1.165) is 17.3 Å². The summed E-state index contributed by atoms with van der Waals surface area (Å²) in [5, 5.41) is 6.81. The Labute approximate surface area is 172 Å². The molecule has 0 bridgehead atoms. The van der Waals surface area contributed by atoms with Gasteiger partial charge in [-0.2, -0.15) is 0 Å². The third kappa shape index (κ3) is 5.00. The molecule has 2 heterocycles. The average Bonchev–Trinajstić information content (AvgIpc) is 2.87. The maximum atomic E-state index is 4.78. The summed E-state index contributed by atoms with van der Waals surface area (Å²) < 4.78 is 0. The van der Waals surface area contributed by atoms with E-state index in [4.69, 9.17) is 4.99 Å². The van der Waals surface area contributed by atoms with E-state index in [1.165, 1.54) is 11.1 Å². The van der Waals surface area contributed by atoms with Crippen LogP contribution in [0.15, 0.2) is 84.0 Å². The molecule has 0 fully saturated rings. The smallest absolute Gasteiger partial charge is 0.196 e. The summed E-state index contributed by atoms with van der Waals surface area (Å²) in [5.41, 5.74) is 4.64. The number of halogens is 2. The Kier molecular flexibility index (Phi) is 7.65. The minimum Gasteiger partial charge on any atom is -0.350 e. The second-order valence-corrected chi connectivity index (χ2v) is 6.04. The van der Waals surface area contributed by atoms with Gasteiger partial charge in [-0.25, -0.2) is 0 Å². The van der Waals surface area contributed by atoms with Gasteiger partial charge in [0.15, 0.2) is 5.96 Å². The number of nitrogens with one attached hydrogen (secondary N) is 2. The SMILES string of the molecule is Cl.Cl.c1ccc(C2CN=C(NCc3ccccn3)Nc3ccccc32)cc1. The van der Waals surface area contributed by atoms with Gasteiger partial charge in [-0.3, -0.25) is 9.98 Å². The summed E-state index contributed by atoms with van der Waals surface area (Å²) in [6.07, 6.45) is 1.81. The zero-order valence-electron chi connectivity index (χ0n) is 14.7. The Hall–Kier alpha value is -2.56. The number of nitrogens with zero attached hydrogens (tertiary/aromatic N) is 2. The highest BCUT2D eigenvalue weighted by Gasteiger charge is 2.20. The normalized spacial score (nSPS) is 15.0. The summed E-state index contributed by atoms with van der Waals surface area (Å²) in [6, 6.07) is 24.9. The van der Waals surface area contributed by atoms with Gasteiger partial charge in [0.05, 0.1) is 18.8 Å². The Morgan fingerprint density at radius 1 is 0.889 bits per heavy atom. The summed E-state index contributed by atoms with van der Waals surface area (Å²) in [6.45, 7) is 1.35. The molecule has 2 aromatic carbocycles. The summed E-state index contributed by atoms with van der Waals surface area (Å²) >= 11 is 0. The van der Waals surface area contributed by atoms with Gasteiger partial charge in [-0.1, -0.05) is 54.6 Å². The fraction of sp³-hybridized carbons (Fsp3) is 0.143. The van der Waals surface area contributed by atoms with Crippen LogP contribution in [0.4, 0.5) is 5.69 Å². The van der Waals surface area contributed by atoms with Gasteiger partial charge in [0.25, 0.3) is 0 Å². The monoisotopic (exact) mass is 400 g/mol. The summed E-state index contributed by atoms with van der Waals surface area (Å²) in [7, 11) is 0. The van der Waals surface area contributed by atoms with E-state index in [1.807, 2.05) is 24.3 Å². The first-order valence-corrected chi connectivity index (χ1v) is 8.49. The summed E-state index contributed by atoms with van der Waals surface area (Å²) in [5.74, 6) is 1.04. The van der Waals surface area contributed by atoms with Gasteiger partial charge < -0.3 is 10.6 Å². The molecule has 4 nitrogen and oxygen atoms in total. The maximum absolute atomic E-state index is 4.78. The Balaban J connectivity index is 0.00000131. The van der Waals surface area contributed by atoms with Crippen molar-refractivity contribution in [2.45, 2.75) is 12.5 Å². The molecule has 27 heavy (non-hydrogen) atoms. The lowest BCUT2D eigenvalue weighted by Crippen LogP contribution is -2.30. The Morgan fingerprint density at radius 2 is 1.63 bits per heavy atom. The Morgan fingerprint density at radius 3 is 2.41 bits per heavy atom. The minimum atomic E-state index is 0. The standard InChI is InChI=1S/C21H20N4.2ClH/c1-2-8-16(9-3-1)19-15-24-21(23-14-17-10-6-7-13-22-17)25-20-12-5-4-11-18(19)20;;/h1-13,19H,14-15H2,(H2,23,24,25);2*1H. The van der Waals surface area contributed by atoms with Crippen LogP contribution >= 0.6 is 24.8 Å². The summed E-state index contributed by atoms with van der Waals surface area (Å²) in [4.78, 5) is 9.13. The minimum absolute atomic E-state index is 0. The van der Waals surface area contributed by atoms with Gasteiger partial charge in [-0.15, -0.1) is 24.8 Å². The molecule has 1 atom stereocenters. The maximum Gasteiger partial charge on any atom is 0.196 e. The second kappa shape index (κ2) is 9.95. The predicted molar refractivity (Wildman–Crippen MR) is 116 cm³/mol. The zero-order chi connectivity index (χ0) is 16.9. The number of fused-ring (bicyclic) bond motifs is 1. The number of hydrogen-bond acceptors (Lipinski definition) is 4. The molecule has 0 radical (unpaired) electrons. The number of anilines is 1. The van der Waals surface area contributed by atoms with Crippen molar-refractivity contribution in [2.75, 3.05) is 11.9 Å². The molecule has 0 aliphatic carbocycles. The first-order valence-electron chi connectivity index (χ1n) is 8.49. The molecule has 1 unspecified atom stereocenters. The fourth-order valence-corrected chi connectivity index (χ4v) is 3.11. The topological polar surface area (TPSA) is 49.3 Å². The first-order chi connectivity index (χ1) is 12.4. The van der Waals surface area contributed by atoms with E-state index in [9.17, 15) is 0 Å². The third-order valence-electron chi connectivity index (χ3n) is 4.39. The van der Waals surface area contributed by atoms with E-state index in [0.29, 0.717) is 13.1 Å². The highest BCUT2D eigenvalue weighted by molar-refractivity contribution is 5.95. The highest BCUT2D eigenvalue weighted by atomic mass is 35.5. The van der Waals surface area contributed by atoms with Crippen LogP contribution in [0, 0.1) is 0 Å². The van der Waals surface area contributed by atoms with Crippen molar-refractivity contribution in [3.8, 4) is 0 Å². The molecular weight excluding hydrogens is 379 g/mol. The molecule has 0 spiro atoms. The van der Waals surface area contributed by atoms with E-state index in [2.05, 4.69) is 64.1 Å². The molecule has 6 heteroatoms. The lowest BCUT2D eigenvalue weighted by molar-refractivity contribution is 0.813. The second-order valence-electron chi connectivity index (χ2n) is 6.04. The van der Waals surface area contributed by atoms with Gasteiger partial charge >= 0.3 is 0 Å². The van der Waals surface area contributed by atoms with Crippen LogP contribution in [0.5, 0.6) is 0 Å². The quantitative estimate of drug-likeness (QED) is 0.673. The molecule has 0 amide bonds. The number of aliphatic imine (C=N–C) groups is 1. The number of aromatic nitrogens is 1. The molecule has 0 saturated heterocycles. The number of para-hydroxylation sites is 1. The van der Waals surface area contributed by atoms with Crippen molar-refractivity contribution < 1.29 is 0 Å². The van der Waals surface area contributed by atoms with Crippen molar-refractivity contribution in [3.05, 3.63) is 95.8 Å². The number of guanidine groups is 1. The van der Waals surface area contributed by atoms with Crippen molar-refractivity contribution in [1.29, 1.82) is 0 Å². The molecule has 1 aliphatic rings. The molecule has 0 saturated carbocycles. The van der Waals surface area contributed by atoms with Gasteiger partial charge in [0, 0.05) is 17.8 Å². The number of benzene rings is 2. The van der Waals surface area contributed by atoms with E-state index in [-0.39, 0.29) is 30.7 Å². The van der Waals surface area contributed by atoms with Crippen molar-refractivity contribution >= 4 is 36.5 Å². The lowest BCUT2D eigenvalue weighted by Gasteiger charge is -2.17. The van der Waals surface area contributed by atoms with E-state index in [1.54, 1.807) is 6.20 Å². The zero-order valence-corrected chi connectivity index (χ0v) is 16.3. The highest BCUT2D eigenvalue weighted by Crippen LogP contribution is 2.32. The molecule has 140 valence electrons. The van der Waals surface area contributed by atoms with Crippen LogP contribution in [0.3, 0.4) is 0 Å². The first kappa shape index (κ1) is 20.7. The third-order valence-corrected chi connectivity index (χ3v) is 4.39. The average molecular weight is 401 g/mol. The van der Waals surface area contributed by atoms with Crippen LogP contribution in [-0.4, -0.2) is 17.5 Å². The molecule has 1 aromatic heterocycles. The molecular formula is C21H22Cl2N4. The van der Waals surface area contributed by atoms with Crippen molar-refractivity contribution in [1.82, 2.24) is 10.3 Å². The van der Waals surface area contributed by atoms with Gasteiger partial charge in [0.1, 0.15) is 0 Å². The largest absolute Gasteiger partial charge is 0.350 e. The van der Waals surface area contributed by atoms with E-state index < -0.39 is 0 Å². The van der Waals surface area contributed by atoms with Crippen LogP contribution in [0.2, 0.25) is 0 Å². The molecule has 3 aromatic rings.